The van der Waals surface area contributed by atoms with Crippen molar-refractivity contribution in [2.45, 2.75) is 53.0 Å². The third-order valence-corrected chi connectivity index (χ3v) is 3.84. The summed E-state index contributed by atoms with van der Waals surface area (Å²) in [4.78, 5) is 0. The van der Waals surface area contributed by atoms with Crippen molar-refractivity contribution in [3.05, 3.63) is 35.5 Å². The van der Waals surface area contributed by atoms with Crippen LogP contribution in [0.2, 0.25) is 0 Å². The Morgan fingerprint density at radius 3 is 2.65 bits per heavy atom. The van der Waals surface area contributed by atoms with Crippen LogP contribution in [0.4, 0.5) is 0 Å². The van der Waals surface area contributed by atoms with Crippen LogP contribution in [-0.4, -0.2) is 19.1 Å². The van der Waals surface area contributed by atoms with E-state index in [1.54, 1.807) is 0 Å². The highest BCUT2D eigenvalue weighted by atomic mass is 35.5. The fraction of sp³-hybridized carbons (Fsp3) is 0.647. The highest BCUT2D eigenvalue weighted by Gasteiger charge is 2.17. The molecule has 1 rings (SSSR count). The van der Waals surface area contributed by atoms with Gasteiger partial charge in [-0.2, -0.15) is 0 Å². The zero-order valence-electron chi connectivity index (χ0n) is 13.6. The molecule has 1 aliphatic heterocycles. The van der Waals surface area contributed by atoms with Crippen molar-refractivity contribution in [3.63, 3.8) is 0 Å². The molecule has 0 aromatic heterocycles. The van der Waals surface area contributed by atoms with Gasteiger partial charge in [0.05, 0.1) is 0 Å². The van der Waals surface area contributed by atoms with Gasteiger partial charge in [-0.1, -0.05) is 58.9 Å². The lowest BCUT2D eigenvalue weighted by molar-refractivity contribution is 0.424. The SMILES string of the molecule is C=CC1=C(C(=C)Cl)CNCC(CCC(C)CC)N1.CC. The summed E-state index contributed by atoms with van der Waals surface area (Å²) in [6.45, 7) is 17.9. The average Bonchev–Trinajstić information content (AvgIpc) is 2.68. The third kappa shape index (κ3) is 6.62. The molecule has 2 N–H and O–H groups in total. The predicted octanol–water partition coefficient (Wildman–Crippen LogP) is 4.59. The third-order valence-electron chi connectivity index (χ3n) is 3.61. The van der Waals surface area contributed by atoms with Crippen LogP contribution in [0.5, 0.6) is 0 Å². The number of hydrogen-bond acceptors (Lipinski definition) is 2. The zero-order valence-corrected chi connectivity index (χ0v) is 14.3. The van der Waals surface area contributed by atoms with Crippen LogP contribution >= 0.6 is 11.6 Å². The quantitative estimate of drug-likeness (QED) is 0.749. The largest absolute Gasteiger partial charge is 0.381 e. The summed E-state index contributed by atoms with van der Waals surface area (Å²) in [6, 6.07) is 0.445. The van der Waals surface area contributed by atoms with Crippen molar-refractivity contribution >= 4 is 11.6 Å². The van der Waals surface area contributed by atoms with Crippen molar-refractivity contribution < 1.29 is 0 Å². The summed E-state index contributed by atoms with van der Waals surface area (Å²) in [7, 11) is 0. The highest BCUT2D eigenvalue weighted by molar-refractivity contribution is 6.31. The topological polar surface area (TPSA) is 24.1 Å². The van der Waals surface area contributed by atoms with Crippen LogP contribution in [0.25, 0.3) is 0 Å². The van der Waals surface area contributed by atoms with Gasteiger partial charge in [-0.05, 0) is 24.8 Å². The molecule has 0 amide bonds. The molecule has 0 saturated carbocycles. The molecule has 0 spiro atoms. The zero-order chi connectivity index (χ0) is 15.5. The maximum Gasteiger partial charge on any atom is 0.0399 e. The van der Waals surface area contributed by atoms with Gasteiger partial charge >= 0.3 is 0 Å². The standard InChI is InChI=1S/C15H25ClN2.C2H6/c1-5-11(3)7-8-13-9-17-10-14(12(4)16)15(6-2)18-13;1-2/h6,11,13,17-18H,2,4-5,7-10H2,1,3H3;1-2H3. The first kappa shape index (κ1) is 19.3. The maximum absolute atomic E-state index is 6.02. The molecule has 2 unspecified atom stereocenters. The van der Waals surface area contributed by atoms with Crippen LogP contribution < -0.4 is 10.6 Å². The van der Waals surface area contributed by atoms with Gasteiger partial charge in [0, 0.05) is 35.4 Å². The Morgan fingerprint density at radius 2 is 2.15 bits per heavy atom. The number of rotatable bonds is 6. The Balaban J connectivity index is 0.00000172. The molecule has 0 aliphatic carbocycles. The van der Waals surface area contributed by atoms with Crippen LogP contribution in [0.15, 0.2) is 35.5 Å². The highest BCUT2D eigenvalue weighted by Crippen LogP contribution is 2.19. The van der Waals surface area contributed by atoms with E-state index in [0.717, 1.165) is 30.3 Å². The van der Waals surface area contributed by atoms with Gasteiger partial charge in [0.1, 0.15) is 0 Å². The summed E-state index contributed by atoms with van der Waals surface area (Å²) in [6.07, 6.45) is 5.50. The van der Waals surface area contributed by atoms with E-state index in [1.165, 1.54) is 19.3 Å². The van der Waals surface area contributed by atoms with Crippen molar-refractivity contribution in [2.24, 2.45) is 5.92 Å². The summed E-state index contributed by atoms with van der Waals surface area (Å²) in [5.74, 6) is 0.786. The van der Waals surface area contributed by atoms with Crippen molar-refractivity contribution in [1.29, 1.82) is 0 Å². The number of halogens is 1. The second-order valence-electron chi connectivity index (χ2n) is 5.06. The Hall–Kier alpha value is -0.730. The van der Waals surface area contributed by atoms with E-state index in [2.05, 4.69) is 37.6 Å². The molecule has 0 bridgehead atoms. The first-order valence-corrected chi connectivity index (χ1v) is 8.13. The van der Waals surface area contributed by atoms with E-state index in [4.69, 9.17) is 11.6 Å². The first-order valence-electron chi connectivity index (χ1n) is 7.76. The van der Waals surface area contributed by atoms with Gasteiger partial charge in [-0.15, -0.1) is 0 Å². The second-order valence-corrected chi connectivity index (χ2v) is 5.52. The van der Waals surface area contributed by atoms with Gasteiger partial charge in [-0.3, -0.25) is 0 Å². The van der Waals surface area contributed by atoms with Crippen molar-refractivity contribution in [3.8, 4) is 0 Å². The molecule has 0 radical (unpaired) electrons. The molecule has 1 heterocycles. The van der Waals surface area contributed by atoms with Crippen molar-refractivity contribution in [2.75, 3.05) is 13.1 Å². The van der Waals surface area contributed by atoms with Crippen molar-refractivity contribution in [1.82, 2.24) is 10.6 Å². The molecular weight excluding hydrogens is 268 g/mol. The molecule has 0 saturated heterocycles. The van der Waals surface area contributed by atoms with E-state index in [-0.39, 0.29) is 0 Å². The summed E-state index contributed by atoms with van der Waals surface area (Å²) in [5.41, 5.74) is 2.05. The van der Waals surface area contributed by atoms with Crippen LogP contribution in [0.1, 0.15) is 47.0 Å². The number of nitrogens with one attached hydrogen (secondary N) is 2. The Bertz CT molecular complexity index is 334. The fourth-order valence-corrected chi connectivity index (χ4v) is 2.28. The Labute approximate surface area is 130 Å². The molecule has 0 aromatic carbocycles. The van der Waals surface area contributed by atoms with Gasteiger partial charge in [-0.25, -0.2) is 0 Å². The van der Waals surface area contributed by atoms with Crippen LogP contribution in [0, 0.1) is 5.92 Å². The molecular formula is C17H31ClN2. The van der Waals surface area contributed by atoms with Gasteiger partial charge < -0.3 is 10.6 Å². The predicted molar refractivity (Wildman–Crippen MR) is 92.0 cm³/mol. The summed E-state index contributed by atoms with van der Waals surface area (Å²) >= 11 is 6.02. The van der Waals surface area contributed by atoms with Gasteiger partial charge in [0.2, 0.25) is 0 Å². The molecule has 116 valence electrons. The lowest BCUT2D eigenvalue weighted by Gasteiger charge is -2.20. The molecule has 0 aromatic rings. The smallest absolute Gasteiger partial charge is 0.0399 e. The van der Waals surface area contributed by atoms with Crippen LogP contribution in [0.3, 0.4) is 0 Å². The number of hydrogen-bond donors (Lipinski definition) is 2. The minimum absolute atomic E-state index is 0.445. The lowest BCUT2D eigenvalue weighted by Crippen LogP contribution is -2.35. The minimum atomic E-state index is 0.445. The average molecular weight is 299 g/mol. The van der Waals surface area contributed by atoms with Crippen LogP contribution in [-0.2, 0) is 0 Å². The monoisotopic (exact) mass is 298 g/mol. The molecule has 3 heteroatoms. The lowest BCUT2D eigenvalue weighted by atomic mass is 9.99. The molecule has 1 aliphatic rings. The van der Waals surface area contributed by atoms with E-state index in [9.17, 15) is 0 Å². The second kappa shape index (κ2) is 11.0. The maximum atomic E-state index is 6.02. The molecule has 0 fully saturated rings. The minimum Gasteiger partial charge on any atom is -0.381 e. The molecule has 2 nitrogen and oxygen atoms in total. The molecule has 2 atom stereocenters. The summed E-state index contributed by atoms with van der Waals surface area (Å²) < 4.78 is 0. The first-order chi connectivity index (χ1) is 9.58. The Morgan fingerprint density at radius 1 is 1.50 bits per heavy atom. The van der Waals surface area contributed by atoms with E-state index in [0.29, 0.717) is 11.1 Å². The van der Waals surface area contributed by atoms with E-state index >= 15 is 0 Å². The Kier molecular flexibility index (Phi) is 10.6. The van der Waals surface area contributed by atoms with E-state index in [1.807, 2.05) is 19.9 Å². The number of allylic oxidation sites excluding steroid dienone is 1. The van der Waals surface area contributed by atoms with Gasteiger partial charge in [0.15, 0.2) is 0 Å². The van der Waals surface area contributed by atoms with Gasteiger partial charge in [0.25, 0.3) is 0 Å². The fourth-order valence-electron chi connectivity index (χ4n) is 2.11. The molecule has 20 heavy (non-hydrogen) atoms. The summed E-state index contributed by atoms with van der Waals surface area (Å²) in [5, 5.41) is 7.54. The van der Waals surface area contributed by atoms with E-state index < -0.39 is 0 Å². The normalized spacial score (nSPS) is 20.1.